The lowest BCUT2D eigenvalue weighted by atomic mass is 9.95. The minimum Gasteiger partial charge on any atom is -0.380 e. The molecular weight excluding hydrogens is 370 g/mol. The zero-order valence-electron chi connectivity index (χ0n) is 17.7. The molecule has 152 valence electrons. The quantitative estimate of drug-likeness (QED) is 0.560. The Morgan fingerprint density at radius 1 is 1.10 bits per heavy atom. The third-order valence-corrected chi connectivity index (χ3v) is 5.67. The van der Waals surface area contributed by atoms with Gasteiger partial charge in [0.1, 0.15) is 0 Å². The number of rotatable bonds is 5. The first-order valence-electron chi connectivity index (χ1n) is 10.4. The molecule has 1 heterocycles. The van der Waals surface area contributed by atoms with E-state index in [0.29, 0.717) is 11.6 Å². The molecular formula is C26H27N3O. The van der Waals surface area contributed by atoms with Crippen molar-refractivity contribution in [3.8, 4) is 11.8 Å². The van der Waals surface area contributed by atoms with Crippen LogP contribution in [0, 0.1) is 18.8 Å². The Labute approximate surface area is 178 Å². The van der Waals surface area contributed by atoms with Crippen LogP contribution in [0.15, 0.2) is 54.6 Å². The van der Waals surface area contributed by atoms with Gasteiger partial charge < -0.3 is 16.0 Å². The van der Waals surface area contributed by atoms with Gasteiger partial charge >= 0.3 is 0 Å². The van der Waals surface area contributed by atoms with Gasteiger partial charge in [-0.2, -0.15) is 0 Å². The highest BCUT2D eigenvalue weighted by molar-refractivity contribution is 5.97. The first-order valence-corrected chi connectivity index (χ1v) is 10.4. The average Bonchev–Trinajstić information content (AvgIpc) is 2.72. The summed E-state index contributed by atoms with van der Waals surface area (Å²) in [5.41, 5.74) is 4.76. The number of benzene rings is 3. The molecule has 0 saturated carbocycles. The van der Waals surface area contributed by atoms with Crippen LogP contribution >= 0.6 is 0 Å². The summed E-state index contributed by atoms with van der Waals surface area (Å²) in [5.74, 6) is 6.10. The average molecular weight is 398 g/mol. The Balaban J connectivity index is 1.59. The number of amides is 1. The van der Waals surface area contributed by atoms with Crippen molar-refractivity contribution in [3.05, 3.63) is 76.9 Å². The molecule has 0 bridgehead atoms. The Bertz CT molecular complexity index is 1150. The van der Waals surface area contributed by atoms with Gasteiger partial charge in [0.15, 0.2) is 0 Å². The van der Waals surface area contributed by atoms with E-state index in [4.69, 9.17) is 0 Å². The van der Waals surface area contributed by atoms with E-state index in [9.17, 15) is 4.79 Å². The van der Waals surface area contributed by atoms with E-state index in [2.05, 4.69) is 46.0 Å². The van der Waals surface area contributed by atoms with Crippen molar-refractivity contribution in [1.82, 2.24) is 10.6 Å². The largest absolute Gasteiger partial charge is 0.380 e. The predicted molar refractivity (Wildman–Crippen MR) is 124 cm³/mol. The first kappa shape index (κ1) is 20.0. The lowest BCUT2D eigenvalue weighted by Crippen LogP contribution is -2.51. The van der Waals surface area contributed by atoms with Gasteiger partial charge in [-0.1, -0.05) is 42.3 Å². The van der Waals surface area contributed by atoms with Crippen LogP contribution in [0.1, 0.15) is 46.9 Å². The highest BCUT2D eigenvalue weighted by atomic mass is 16.1. The number of aryl methyl sites for hydroxylation is 1. The summed E-state index contributed by atoms with van der Waals surface area (Å²) >= 11 is 0. The zero-order chi connectivity index (χ0) is 21.1. The van der Waals surface area contributed by atoms with E-state index >= 15 is 0 Å². The lowest BCUT2D eigenvalue weighted by molar-refractivity contribution is 0.0939. The van der Waals surface area contributed by atoms with Crippen molar-refractivity contribution in [2.75, 3.05) is 18.4 Å². The van der Waals surface area contributed by atoms with E-state index in [0.717, 1.165) is 46.2 Å². The van der Waals surface area contributed by atoms with Gasteiger partial charge in [0, 0.05) is 29.9 Å². The molecule has 1 saturated heterocycles. The molecule has 0 aromatic heterocycles. The summed E-state index contributed by atoms with van der Waals surface area (Å²) in [6, 6.07) is 18.6. The molecule has 3 aromatic carbocycles. The molecule has 0 radical (unpaired) electrons. The number of hydrogen-bond acceptors (Lipinski definition) is 3. The van der Waals surface area contributed by atoms with Crippen LogP contribution in [0.3, 0.4) is 0 Å². The van der Waals surface area contributed by atoms with E-state index in [-0.39, 0.29) is 11.9 Å². The second-order valence-electron chi connectivity index (χ2n) is 7.85. The summed E-state index contributed by atoms with van der Waals surface area (Å²) in [5, 5.41) is 12.1. The Kier molecular flexibility index (Phi) is 5.74. The van der Waals surface area contributed by atoms with Gasteiger partial charge in [0.25, 0.3) is 5.91 Å². The fourth-order valence-electron chi connectivity index (χ4n) is 3.88. The molecule has 1 aliphatic heterocycles. The maximum Gasteiger partial charge on any atom is 0.252 e. The van der Waals surface area contributed by atoms with Crippen LogP contribution in [0.25, 0.3) is 10.8 Å². The molecule has 1 fully saturated rings. The molecule has 1 aliphatic rings. The molecule has 3 aromatic rings. The molecule has 1 atom stereocenters. The van der Waals surface area contributed by atoms with E-state index in [1.807, 2.05) is 57.2 Å². The predicted octanol–water partition coefficient (Wildman–Crippen LogP) is 4.39. The van der Waals surface area contributed by atoms with Crippen LogP contribution in [0.5, 0.6) is 0 Å². The third-order valence-electron chi connectivity index (χ3n) is 5.67. The highest BCUT2D eigenvalue weighted by Crippen LogP contribution is 2.27. The molecule has 3 N–H and O–H groups in total. The molecule has 30 heavy (non-hydrogen) atoms. The Morgan fingerprint density at radius 2 is 1.87 bits per heavy atom. The van der Waals surface area contributed by atoms with Gasteiger partial charge in [0.2, 0.25) is 0 Å². The highest BCUT2D eigenvalue weighted by Gasteiger charge is 2.19. The van der Waals surface area contributed by atoms with Crippen LogP contribution in [-0.4, -0.2) is 25.0 Å². The van der Waals surface area contributed by atoms with Crippen molar-refractivity contribution < 1.29 is 4.79 Å². The van der Waals surface area contributed by atoms with Crippen LogP contribution < -0.4 is 16.0 Å². The van der Waals surface area contributed by atoms with E-state index in [1.54, 1.807) is 0 Å². The fourth-order valence-corrected chi connectivity index (χ4v) is 3.88. The second kappa shape index (κ2) is 8.61. The summed E-state index contributed by atoms with van der Waals surface area (Å²) in [4.78, 5) is 13.1. The molecule has 4 rings (SSSR count). The normalized spacial score (nSPS) is 14.4. The minimum absolute atomic E-state index is 0.0584. The topological polar surface area (TPSA) is 53.2 Å². The van der Waals surface area contributed by atoms with Gasteiger partial charge in [-0.05, 0) is 60.9 Å². The van der Waals surface area contributed by atoms with Crippen LogP contribution in [0.4, 0.5) is 5.69 Å². The molecule has 4 heteroatoms. The number of fused-ring (bicyclic) bond motifs is 1. The minimum atomic E-state index is -0.127. The molecule has 4 nitrogen and oxygen atoms in total. The number of carbonyl (C=O) groups is 1. The Morgan fingerprint density at radius 3 is 2.57 bits per heavy atom. The summed E-state index contributed by atoms with van der Waals surface area (Å²) in [7, 11) is 0. The monoisotopic (exact) mass is 397 g/mol. The van der Waals surface area contributed by atoms with Gasteiger partial charge in [-0.3, -0.25) is 4.79 Å². The molecule has 1 unspecified atom stereocenters. The Hall–Kier alpha value is -3.29. The van der Waals surface area contributed by atoms with Crippen LogP contribution in [0.2, 0.25) is 0 Å². The summed E-state index contributed by atoms with van der Waals surface area (Å²) in [6.07, 6.45) is 0. The number of carbonyl (C=O) groups excluding carboxylic acids is 1. The number of anilines is 1. The SMILES string of the molecule is CC#Cc1ccc(C(C)NC(=O)c2cc(NC3CNC3)ccc2C)c2ccccc12. The molecule has 1 amide bonds. The standard InChI is InChI=1S/C26H27N3O/c1-4-7-19-11-13-22(24-9-6-5-8-23(19)24)18(3)28-26(30)25-14-20(12-10-17(25)2)29-21-15-27-16-21/h5-6,8-14,18,21,27,29H,15-16H2,1-3H3,(H,28,30). The van der Waals surface area contributed by atoms with Crippen molar-refractivity contribution in [3.63, 3.8) is 0 Å². The van der Waals surface area contributed by atoms with Crippen molar-refractivity contribution in [1.29, 1.82) is 0 Å². The van der Waals surface area contributed by atoms with Crippen molar-refractivity contribution in [2.24, 2.45) is 0 Å². The third kappa shape index (κ3) is 4.03. The van der Waals surface area contributed by atoms with E-state index < -0.39 is 0 Å². The van der Waals surface area contributed by atoms with Crippen LogP contribution in [-0.2, 0) is 0 Å². The van der Waals surface area contributed by atoms with Crippen molar-refractivity contribution in [2.45, 2.75) is 32.9 Å². The van der Waals surface area contributed by atoms with E-state index in [1.165, 1.54) is 0 Å². The first-order chi connectivity index (χ1) is 14.6. The number of nitrogens with one attached hydrogen (secondary N) is 3. The maximum atomic E-state index is 13.1. The van der Waals surface area contributed by atoms with Gasteiger partial charge in [-0.15, -0.1) is 5.92 Å². The van der Waals surface area contributed by atoms with Gasteiger partial charge in [0.05, 0.1) is 12.1 Å². The summed E-state index contributed by atoms with van der Waals surface area (Å²) in [6.45, 7) is 7.76. The maximum absolute atomic E-state index is 13.1. The molecule has 0 spiro atoms. The van der Waals surface area contributed by atoms with Crippen molar-refractivity contribution >= 4 is 22.4 Å². The number of hydrogen-bond donors (Lipinski definition) is 3. The zero-order valence-corrected chi connectivity index (χ0v) is 17.7. The fraction of sp³-hybridized carbons (Fsp3) is 0.269. The summed E-state index contributed by atoms with van der Waals surface area (Å²) < 4.78 is 0. The second-order valence-corrected chi connectivity index (χ2v) is 7.85. The molecule has 0 aliphatic carbocycles. The lowest BCUT2D eigenvalue weighted by Gasteiger charge is -2.29. The van der Waals surface area contributed by atoms with Gasteiger partial charge in [-0.25, -0.2) is 0 Å². The smallest absolute Gasteiger partial charge is 0.252 e.